The number of aliphatic hydroxyl groups excluding tert-OH is 1. The number of ketones is 1. The number of carbonyl (C=O) groups excluding carboxylic acids is 2. The van der Waals surface area contributed by atoms with Crippen molar-refractivity contribution in [3.05, 3.63) is 59.2 Å². The van der Waals surface area contributed by atoms with E-state index in [1.807, 2.05) is 51.0 Å². The number of nitrogens with zero attached hydrogens (tertiary/aromatic N) is 2. The summed E-state index contributed by atoms with van der Waals surface area (Å²) in [4.78, 5) is 30.1. The average molecular weight is 539 g/mol. The van der Waals surface area contributed by atoms with Crippen LogP contribution in [0.2, 0.25) is 0 Å². The molecule has 1 aliphatic rings. The summed E-state index contributed by atoms with van der Waals surface area (Å²) in [6.45, 7) is 10.6. The second-order valence-corrected chi connectivity index (χ2v) is 10.3. The summed E-state index contributed by atoms with van der Waals surface area (Å²) in [5, 5.41) is 11.4. The number of amides is 1. The standard InChI is InChI=1S/C31H42N2O6/c1-7-18-38-24-12-9-22(10-13-24)29(34)27-28(33(17-16-32(5)6)31(36)30(27)35)23-11-14-25(26(20-23)37-8-2)39-19-15-21(3)4/h9-14,20-21,28,34H,7-8,15-19H2,1-6H3. The van der Waals surface area contributed by atoms with E-state index in [4.69, 9.17) is 14.2 Å². The first-order chi connectivity index (χ1) is 18.7. The van der Waals surface area contributed by atoms with Crippen LogP contribution in [0.5, 0.6) is 17.2 Å². The van der Waals surface area contributed by atoms with Crippen molar-refractivity contribution in [2.24, 2.45) is 5.92 Å². The van der Waals surface area contributed by atoms with Gasteiger partial charge in [-0.15, -0.1) is 0 Å². The summed E-state index contributed by atoms with van der Waals surface area (Å²) >= 11 is 0. The van der Waals surface area contributed by atoms with Crippen LogP contribution in [-0.4, -0.2) is 73.6 Å². The molecule has 0 bridgehead atoms. The van der Waals surface area contributed by atoms with Gasteiger partial charge in [-0.3, -0.25) is 9.59 Å². The Balaban J connectivity index is 2.07. The summed E-state index contributed by atoms with van der Waals surface area (Å²) in [5.41, 5.74) is 1.15. The lowest BCUT2D eigenvalue weighted by atomic mass is 9.95. The smallest absolute Gasteiger partial charge is 0.295 e. The zero-order chi connectivity index (χ0) is 28.5. The molecule has 0 aliphatic carbocycles. The van der Waals surface area contributed by atoms with E-state index in [-0.39, 0.29) is 11.3 Å². The lowest BCUT2D eigenvalue weighted by molar-refractivity contribution is -0.140. The summed E-state index contributed by atoms with van der Waals surface area (Å²) in [6, 6.07) is 11.6. The first-order valence-corrected chi connectivity index (χ1v) is 13.7. The van der Waals surface area contributed by atoms with Gasteiger partial charge in [0.15, 0.2) is 11.5 Å². The van der Waals surface area contributed by atoms with Gasteiger partial charge in [-0.2, -0.15) is 0 Å². The summed E-state index contributed by atoms with van der Waals surface area (Å²) in [6.07, 6.45) is 1.78. The number of likely N-dealkylation sites (tertiary alicyclic amines) is 1. The van der Waals surface area contributed by atoms with E-state index < -0.39 is 17.7 Å². The highest BCUT2D eigenvalue weighted by molar-refractivity contribution is 6.46. The van der Waals surface area contributed by atoms with Crippen molar-refractivity contribution < 1.29 is 28.9 Å². The van der Waals surface area contributed by atoms with Crippen LogP contribution in [0.25, 0.3) is 5.76 Å². The zero-order valence-electron chi connectivity index (χ0n) is 24.0. The zero-order valence-corrected chi connectivity index (χ0v) is 24.0. The Morgan fingerprint density at radius 1 is 0.974 bits per heavy atom. The minimum Gasteiger partial charge on any atom is -0.507 e. The summed E-state index contributed by atoms with van der Waals surface area (Å²) < 4.78 is 17.5. The molecule has 212 valence electrons. The maximum absolute atomic E-state index is 13.3. The molecule has 1 N–H and O–H groups in total. The monoisotopic (exact) mass is 538 g/mol. The first kappa shape index (κ1) is 30.0. The largest absolute Gasteiger partial charge is 0.507 e. The van der Waals surface area contributed by atoms with Gasteiger partial charge < -0.3 is 29.1 Å². The minimum atomic E-state index is -0.773. The Morgan fingerprint density at radius 2 is 1.69 bits per heavy atom. The quantitative estimate of drug-likeness (QED) is 0.199. The van der Waals surface area contributed by atoms with E-state index in [9.17, 15) is 14.7 Å². The molecule has 8 heteroatoms. The molecule has 0 radical (unpaired) electrons. The normalized spacial score (nSPS) is 16.8. The molecule has 3 rings (SSSR count). The number of rotatable bonds is 14. The Hall–Kier alpha value is -3.52. The molecule has 1 aliphatic heterocycles. The highest BCUT2D eigenvalue weighted by atomic mass is 16.5. The average Bonchev–Trinajstić information content (AvgIpc) is 3.16. The molecule has 39 heavy (non-hydrogen) atoms. The number of benzene rings is 2. The molecule has 2 aromatic carbocycles. The van der Waals surface area contributed by atoms with Gasteiger partial charge in [-0.1, -0.05) is 26.8 Å². The van der Waals surface area contributed by atoms with Crippen LogP contribution in [0.15, 0.2) is 48.0 Å². The van der Waals surface area contributed by atoms with Gasteiger partial charge in [0, 0.05) is 18.7 Å². The molecule has 1 unspecified atom stereocenters. The van der Waals surface area contributed by atoms with Crippen LogP contribution in [0.3, 0.4) is 0 Å². The topological polar surface area (TPSA) is 88.5 Å². The Kier molecular flexibility index (Phi) is 10.8. The lowest BCUT2D eigenvalue weighted by Gasteiger charge is -2.27. The van der Waals surface area contributed by atoms with Gasteiger partial charge >= 0.3 is 0 Å². The fourth-order valence-electron chi connectivity index (χ4n) is 4.34. The van der Waals surface area contributed by atoms with E-state index in [0.717, 1.165) is 12.8 Å². The third-order valence-corrected chi connectivity index (χ3v) is 6.46. The van der Waals surface area contributed by atoms with Crippen molar-refractivity contribution in [2.75, 3.05) is 47.0 Å². The molecule has 1 heterocycles. The highest BCUT2D eigenvalue weighted by Crippen LogP contribution is 2.42. The molecule has 0 aromatic heterocycles. The SMILES string of the molecule is CCCOc1ccc(C(O)=C2C(=O)C(=O)N(CCN(C)C)C2c2ccc(OCCC(C)C)c(OCC)c2)cc1. The van der Waals surface area contributed by atoms with Gasteiger partial charge in [0.1, 0.15) is 11.5 Å². The molecule has 2 aromatic rings. The van der Waals surface area contributed by atoms with Crippen molar-refractivity contribution in [1.29, 1.82) is 0 Å². The van der Waals surface area contributed by atoms with Crippen LogP contribution in [0, 0.1) is 5.92 Å². The van der Waals surface area contributed by atoms with Crippen molar-refractivity contribution in [1.82, 2.24) is 9.80 Å². The Labute approximate surface area is 232 Å². The van der Waals surface area contributed by atoms with Gasteiger partial charge in [0.2, 0.25) is 0 Å². The van der Waals surface area contributed by atoms with Crippen LogP contribution in [0.1, 0.15) is 57.7 Å². The summed E-state index contributed by atoms with van der Waals surface area (Å²) in [7, 11) is 3.81. The van der Waals surface area contributed by atoms with Crippen LogP contribution in [-0.2, 0) is 9.59 Å². The Morgan fingerprint density at radius 3 is 2.31 bits per heavy atom. The van der Waals surface area contributed by atoms with E-state index in [0.29, 0.717) is 67.2 Å². The van der Waals surface area contributed by atoms with E-state index >= 15 is 0 Å². The second kappa shape index (κ2) is 14.0. The van der Waals surface area contributed by atoms with Gasteiger partial charge in [0.05, 0.1) is 31.4 Å². The molecule has 1 amide bonds. The van der Waals surface area contributed by atoms with Crippen molar-refractivity contribution in [3.8, 4) is 17.2 Å². The van der Waals surface area contributed by atoms with E-state index in [1.54, 1.807) is 24.3 Å². The van der Waals surface area contributed by atoms with Gasteiger partial charge in [-0.05, 0) is 81.7 Å². The third kappa shape index (κ3) is 7.53. The van der Waals surface area contributed by atoms with Crippen LogP contribution < -0.4 is 14.2 Å². The van der Waals surface area contributed by atoms with Crippen LogP contribution >= 0.6 is 0 Å². The van der Waals surface area contributed by atoms with E-state index in [1.165, 1.54) is 4.90 Å². The van der Waals surface area contributed by atoms with Crippen molar-refractivity contribution in [2.45, 2.75) is 46.6 Å². The molecule has 1 saturated heterocycles. The number of hydrogen-bond acceptors (Lipinski definition) is 7. The molecule has 1 atom stereocenters. The molecule has 0 saturated carbocycles. The summed E-state index contributed by atoms with van der Waals surface area (Å²) in [5.74, 6) is 0.750. The number of hydrogen-bond donors (Lipinski definition) is 1. The molecular formula is C31H42N2O6. The van der Waals surface area contributed by atoms with Crippen molar-refractivity contribution in [3.63, 3.8) is 0 Å². The van der Waals surface area contributed by atoms with Crippen LogP contribution in [0.4, 0.5) is 0 Å². The Bertz CT molecular complexity index is 1160. The van der Waals surface area contributed by atoms with Crippen molar-refractivity contribution >= 4 is 17.4 Å². The predicted molar refractivity (Wildman–Crippen MR) is 152 cm³/mol. The number of carbonyl (C=O) groups is 2. The predicted octanol–water partition coefficient (Wildman–Crippen LogP) is 5.28. The third-order valence-electron chi connectivity index (χ3n) is 6.46. The molecular weight excluding hydrogens is 496 g/mol. The molecule has 1 fully saturated rings. The van der Waals surface area contributed by atoms with E-state index in [2.05, 4.69) is 13.8 Å². The molecule has 8 nitrogen and oxygen atoms in total. The molecule has 0 spiro atoms. The second-order valence-electron chi connectivity index (χ2n) is 10.3. The highest BCUT2D eigenvalue weighted by Gasteiger charge is 2.46. The number of aliphatic hydroxyl groups is 1. The fraction of sp³-hybridized carbons (Fsp3) is 0.484. The fourth-order valence-corrected chi connectivity index (χ4v) is 4.34. The van der Waals surface area contributed by atoms with Gasteiger partial charge in [0.25, 0.3) is 11.7 Å². The number of Topliss-reactive ketones (excluding diaryl/α,β-unsaturated/α-hetero) is 1. The lowest BCUT2D eigenvalue weighted by Crippen LogP contribution is -2.35. The minimum absolute atomic E-state index is 0.0527. The number of ether oxygens (including phenoxy) is 3. The number of likely N-dealkylation sites (N-methyl/N-ethyl adjacent to an activating group) is 1. The van der Waals surface area contributed by atoms with Gasteiger partial charge in [-0.25, -0.2) is 0 Å². The maximum Gasteiger partial charge on any atom is 0.295 e. The maximum atomic E-state index is 13.3. The first-order valence-electron chi connectivity index (χ1n) is 13.7.